The molecule has 1 heterocycles. The van der Waals surface area contributed by atoms with Crippen LogP contribution in [0.5, 0.6) is 0 Å². The molecule has 0 atom stereocenters. The summed E-state index contributed by atoms with van der Waals surface area (Å²) in [6.45, 7) is 6.68. The third-order valence-electron chi connectivity index (χ3n) is 3.26. The first-order valence-corrected chi connectivity index (χ1v) is 9.29. The molecule has 0 saturated carbocycles. The van der Waals surface area contributed by atoms with Gasteiger partial charge in [-0.3, -0.25) is 14.9 Å². The quantitative estimate of drug-likeness (QED) is 0.700. The predicted molar refractivity (Wildman–Crippen MR) is 106 cm³/mol. The highest BCUT2D eigenvalue weighted by Crippen LogP contribution is 2.23. The minimum Gasteiger partial charge on any atom is -0.444 e. The van der Waals surface area contributed by atoms with Crippen LogP contribution in [0.15, 0.2) is 30.3 Å². The van der Waals surface area contributed by atoms with Crippen molar-refractivity contribution in [2.75, 3.05) is 17.2 Å². The van der Waals surface area contributed by atoms with E-state index in [0.29, 0.717) is 4.88 Å². The lowest BCUT2D eigenvalue weighted by molar-refractivity contribution is -0.115. The van der Waals surface area contributed by atoms with Crippen molar-refractivity contribution in [2.24, 2.45) is 0 Å². The summed E-state index contributed by atoms with van der Waals surface area (Å²) in [7, 11) is 0. The number of aryl methyl sites for hydroxylation is 1. The maximum absolute atomic E-state index is 13.6. The zero-order valence-corrected chi connectivity index (χ0v) is 16.8. The lowest BCUT2D eigenvalue weighted by Gasteiger charge is -2.20. The van der Waals surface area contributed by atoms with Crippen LogP contribution < -0.4 is 16.0 Å². The molecule has 2 rings (SSSR count). The summed E-state index contributed by atoms with van der Waals surface area (Å²) in [6.07, 6.45) is -0.740. The normalized spacial score (nSPS) is 10.9. The summed E-state index contributed by atoms with van der Waals surface area (Å²) in [5, 5.41) is 7.43. The molecule has 3 amide bonds. The molecule has 1 aromatic heterocycles. The number of hydrogen-bond donors (Lipinski definition) is 3. The van der Waals surface area contributed by atoms with Crippen LogP contribution in [0.1, 0.15) is 35.3 Å². The first kappa shape index (κ1) is 21.4. The summed E-state index contributed by atoms with van der Waals surface area (Å²) < 4.78 is 18.7. The van der Waals surface area contributed by atoms with Crippen LogP contribution in [0.3, 0.4) is 0 Å². The second-order valence-electron chi connectivity index (χ2n) is 6.96. The third kappa shape index (κ3) is 6.66. The molecule has 0 bridgehead atoms. The van der Waals surface area contributed by atoms with E-state index < -0.39 is 23.4 Å². The Morgan fingerprint density at radius 1 is 1.07 bits per heavy atom. The Hall–Kier alpha value is -2.94. The molecule has 1 aromatic carbocycles. The van der Waals surface area contributed by atoms with E-state index in [1.54, 1.807) is 32.9 Å². The Morgan fingerprint density at radius 3 is 2.39 bits per heavy atom. The first-order chi connectivity index (χ1) is 13.0. The molecular formula is C19H22FN3O4S. The van der Waals surface area contributed by atoms with Crippen molar-refractivity contribution >= 4 is 40.6 Å². The van der Waals surface area contributed by atoms with Crippen molar-refractivity contribution in [3.05, 3.63) is 45.9 Å². The fourth-order valence-electron chi connectivity index (χ4n) is 2.14. The molecular weight excluding hydrogens is 385 g/mol. The van der Waals surface area contributed by atoms with Gasteiger partial charge in [-0.15, -0.1) is 11.3 Å². The van der Waals surface area contributed by atoms with Gasteiger partial charge in [-0.05, 0) is 58.0 Å². The van der Waals surface area contributed by atoms with Gasteiger partial charge in [0, 0.05) is 4.88 Å². The average molecular weight is 407 g/mol. The summed E-state index contributed by atoms with van der Waals surface area (Å²) in [5.74, 6) is -1.54. The number of carbonyl (C=O) groups excluding carboxylic acids is 3. The van der Waals surface area contributed by atoms with Crippen LogP contribution in [0.25, 0.3) is 0 Å². The molecule has 7 nitrogen and oxygen atoms in total. The highest BCUT2D eigenvalue weighted by Gasteiger charge is 2.18. The van der Waals surface area contributed by atoms with Crippen molar-refractivity contribution in [1.29, 1.82) is 0 Å². The number of thiophene rings is 1. The Balaban J connectivity index is 2.00. The SMILES string of the molecule is Cc1ccc(C(=O)NCC(=O)Nc2cc(F)ccc2NC(=O)OC(C)(C)C)s1. The summed E-state index contributed by atoms with van der Waals surface area (Å²) in [4.78, 5) is 37.5. The number of rotatable bonds is 5. The number of hydrogen-bond acceptors (Lipinski definition) is 5. The second kappa shape index (κ2) is 8.83. The van der Waals surface area contributed by atoms with E-state index in [9.17, 15) is 18.8 Å². The molecule has 9 heteroatoms. The summed E-state index contributed by atoms with van der Waals surface area (Å²) in [6, 6.07) is 6.99. The molecule has 0 fully saturated rings. The van der Waals surface area contributed by atoms with Crippen molar-refractivity contribution < 1.29 is 23.5 Å². The van der Waals surface area contributed by atoms with Gasteiger partial charge < -0.3 is 15.4 Å². The number of carbonyl (C=O) groups is 3. The number of benzene rings is 1. The van der Waals surface area contributed by atoms with E-state index in [2.05, 4.69) is 16.0 Å². The van der Waals surface area contributed by atoms with Gasteiger partial charge in [-0.2, -0.15) is 0 Å². The van der Waals surface area contributed by atoms with Gasteiger partial charge in [0.2, 0.25) is 5.91 Å². The van der Waals surface area contributed by atoms with E-state index in [1.165, 1.54) is 17.4 Å². The first-order valence-electron chi connectivity index (χ1n) is 8.47. The van der Waals surface area contributed by atoms with E-state index in [0.717, 1.165) is 17.0 Å². The van der Waals surface area contributed by atoms with Crippen LogP contribution in [-0.2, 0) is 9.53 Å². The van der Waals surface area contributed by atoms with E-state index in [-0.39, 0.29) is 23.8 Å². The van der Waals surface area contributed by atoms with Gasteiger partial charge in [-0.25, -0.2) is 9.18 Å². The molecule has 0 aliphatic carbocycles. The lowest BCUT2D eigenvalue weighted by atomic mass is 10.2. The maximum atomic E-state index is 13.6. The lowest BCUT2D eigenvalue weighted by Crippen LogP contribution is -2.33. The zero-order chi connectivity index (χ0) is 20.9. The van der Waals surface area contributed by atoms with Crippen molar-refractivity contribution in [2.45, 2.75) is 33.3 Å². The smallest absolute Gasteiger partial charge is 0.412 e. The average Bonchev–Trinajstić information content (AvgIpc) is 3.00. The fraction of sp³-hybridized carbons (Fsp3) is 0.316. The highest BCUT2D eigenvalue weighted by molar-refractivity contribution is 7.13. The zero-order valence-electron chi connectivity index (χ0n) is 16.0. The Kier molecular flexibility index (Phi) is 6.74. The predicted octanol–water partition coefficient (Wildman–Crippen LogP) is 3.91. The monoisotopic (exact) mass is 407 g/mol. The molecule has 3 N–H and O–H groups in total. The number of anilines is 2. The van der Waals surface area contributed by atoms with Crippen LogP contribution in [0.2, 0.25) is 0 Å². The van der Waals surface area contributed by atoms with E-state index >= 15 is 0 Å². The molecule has 28 heavy (non-hydrogen) atoms. The minimum absolute atomic E-state index is 0.0528. The van der Waals surface area contributed by atoms with E-state index in [1.807, 2.05) is 6.92 Å². The van der Waals surface area contributed by atoms with Gasteiger partial charge in [0.05, 0.1) is 22.8 Å². The van der Waals surface area contributed by atoms with Gasteiger partial charge >= 0.3 is 6.09 Å². The Bertz CT molecular complexity index is 890. The maximum Gasteiger partial charge on any atom is 0.412 e. The molecule has 2 aromatic rings. The number of amides is 3. The van der Waals surface area contributed by atoms with Crippen LogP contribution in [0.4, 0.5) is 20.6 Å². The van der Waals surface area contributed by atoms with Gasteiger partial charge in [0.1, 0.15) is 11.4 Å². The number of ether oxygens (including phenoxy) is 1. The van der Waals surface area contributed by atoms with Crippen molar-refractivity contribution in [3.63, 3.8) is 0 Å². The molecule has 0 aliphatic heterocycles. The van der Waals surface area contributed by atoms with E-state index in [4.69, 9.17) is 4.74 Å². The molecule has 0 radical (unpaired) electrons. The van der Waals surface area contributed by atoms with Gasteiger partial charge in [0.25, 0.3) is 5.91 Å². The van der Waals surface area contributed by atoms with Crippen LogP contribution in [-0.4, -0.2) is 30.1 Å². The number of halogens is 1. The second-order valence-corrected chi connectivity index (χ2v) is 8.25. The van der Waals surface area contributed by atoms with Crippen LogP contribution in [0, 0.1) is 12.7 Å². The molecule has 0 unspecified atom stereocenters. The molecule has 0 saturated heterocycles. The molecule has 0 aliphatic rings. The minimum atomic E-state index is -0.740. The number of nitrogens with one attached hydrogen (secondary N) is 3. The highest BCUT2D eigenvalue weighted by atomic mass is 32.1. The third-order valence-corrected chi connectivity index (χ3v) is 4.26. The standard InChI is InChI=1S/C19H22FN3O4S/c1-11-5-8-15(28-11)17(25)21-10-16(24)22-14-9-12(20)6-7-13(14)23-18(26)27-19(2,3)4/h5-9H,10H2,1-4H3,(H,21,25)(H,22,24)(H,23,26). The Labute approximate surface area is 166 Å². The van der Waals surface area contributed by atoms with Gasteiger partial charge in [0.15, 0.2) is 0 Å². The topological polar surface area (TPSA) is 96.5 Å². The summed E-state index contributed by atoms with van der Waals surface area (Å²) in [5.41, 5.74) is -0.487. The Morgan fingerprint density at radius 2 is 1.79 bits per heavy atom. The van der Waals surface area contributed by atoms with Gasteiger partial charge in [-0.1, -0.05) is 0 Å². The van der Waals surface area contributed by atoms with Crippen molar-refractivity contribution in [3.8, 4) is 0 Å². The largest absolute Gasteiger partial charge is 0.444 e. The van der Waals surface area contributed by atoms with Crippen molar-refractivity contribution in [1.82, 2.24) is 5.32 Å². The van der Waals surface area contributed by atoms with Crippen LogP contribution >= 0.6 is 11.3 Å². The summed E-state index contributed by atoms with van der Waals surface area (Å²) >= 11 is 1.31. The molecule has 150 valence electrons. The molecule has 0 spiro atoms. The fourth-order valence-corrected chi connectivity index (χ4v) is 2.92.